The van der Waals surface area contributed by atoms with Crippen molar-refractivity contribution in [2.75, 3.05) is 7.11 Å². The van der Waals surface area contributed by atoms with Gasteiger partial charge in [0, 0.05) is 7.05 Å². The molecule has 6 nitrogen and oxygen atoms in total. The van der Waals surface area contributed by atoms with E-state index in [2.05, 4.69) is 4.74 Å². The van der Waals surface area contributed by atoms with Gasteiger partial charge in [-0.05, 0) is 23.8 Å². The van der Waals surface area contributed by atoms with E-state index in [1.165, 1.54) is 28.4 Å². The van der Waals surface area contributed by atoms with Crippen LogP contribution in [0.3, 0.4) is 0 Å². The topological polar surface area (TPSA) is 70.3 Å². The number of hydrogen-bond donors (Lipinski definition) is 0. The lowest BCUT2D eigenvalue weighted by Gasteiger charge is -2.11. The molecule has 0 saturated heterocycles. The number of nitrogens with zero attached hydrogens (tertiary/aromatic N) is 2. The molecule has 122 valence electrons. The summed E-state index contributed by atoms with van der Waals surface area (Å²) < 4.78 is 7.26. The number of aromatic nitrogens is 2. The Bertz CT molecular complexity index is 1030. The van der Waals surface area contributed by atoms with E-state index < -0.39 is 17.2 Å². The molecule has 0 aliphatic carbocycles. The number of fused-ring (bicyclic) bond motifs is 1. The fraction of sp³-hybridized carbons (Fsp3) is 0.167. The normalized spacial score (nSPS) is 10.8. The molecule has 6 heteroatoms. The summed E-state index contributed by atoms with van der Waals surface area (Å²) in [7, 11) is 2.88. The van der Waals surface area contributed by atoms with Crippen LogP contribution in [0, 0.1) is 0 Å². The van der Waals surface area contributed by atoms with E-state index in [0.717, 1.165) is 5.56 Å². The van der Waals surface area contributed by atoms with E-state index >= 15 is 0 Å². The van der Waals surface area contributed by atoms with Gasteiger partial charge in [0.2, 0.25) is 0 Å². The quantitative estimate of drug-likeness (QED) is 0.685. The minimum Gasteiger partial charge on any atom is -0.465 e. The summed E-state index contributed by atoms with van der Waals surface area (Å²) in [6.07, 6.45) is 0. The van der Waals surface area contributed by atoms with Crippen molar-refractivity contribution in [3.63, 3.8) is 0 Å². The molecule has 0 amide bonds. The van der Waals surface area contributed by atoms with Crippen LogP contribution in [-0.2, 0) is 18.3 Å². The number of benzene rings is 2. The van der Waals surface area contributed by atoms with Crippen molar-refractivity contribution in [3.05, 3.63) is 80.5 Å². The molecule has 0 unspecified atom stereocenters. The zero-order valence-electron chi connectivity index (χ0n) is 13.4. The molecule has 0 atom stereocenters. The van der Waals surface area contributed by atoms with Crippen LogP contribution >= 0.6 is 0 Å². The first-order valence-corrected chi connectivity index (χ1v) is 7.38. The van der Waals surface area contributed by atoms with Crippen LogP contribution in [-0.4, -0.2) is 22.2 Å². The number of esters is 1. The largest absolute Gasteiger partial charge is 0.465 e. The molecule has 1 heterocycles. The van der Waals surface area contributed by atoms with E-state index in [9.17, 15) is 14.4 Å². The molecule has 3 rings (SSSR count). The van der Waals surface area contributed by atoms with Gasteiger partial charge in [0.15, 0.2) is 0 Å². The van der Waals surface area contributed by atoms with Crippen molar-refractivity contribution >= 4 is 16.9 Å². The third-order valence-corrected chi connectivity index (χ3v) is 3.96. The van der Waals surface area contributed by atoms with E-state index in [-0.39, 0.29) is 12.1 Å². The van der Waals surface area contributed by atoms with Crippen LogP contribution in [0.5, 0.6) is 0 Å². The van der Waals surface area contributed by atoms with Crippen LogP contribution < -0.4 is 11.2 Å². The second-order valence-corrected chi connectivity index (χ2v) is 5.44. The number of hydrogen-bond acceptors (Lipinski definition) is 4. The summed E-state index contributed by atoms with van der Waals surface area (Å²) in [6.45, 7) is 0.171. The molecular weight excluding hydrogens is 308 g/mol. The molecule has 1 aromatic heterocycles. The van der Waals surface area contributed by atoms with Crippen molar-refractivity contribution in [2.24, 2.45) is 7.05 Å². The molecule has 0 radical (unpaired) electrons. The second-order valence-electron chi connectivity index (χ2n) is 5.44. The van der Waals surface area contributed by atoms with Gasteiger partial charge >= 0.3 is 11.7 Å². The maximum atomic E-state index is 12.8. The Hall–Kier alpha value is -3.15. The summed E-state index contributed by atoms with van der Waals surface area (Å²) in [4.78, 5) is 37.0. The molecule has 2 aromatic carbocycles. The first kappa shape index (κ1) is 15.7. The maximum absolute atomic E-state index is 12.8. The Morgan fingerprint density at radius 1 is 1.08 bits per heavy atom. The fourth-order valence-electron chi connectivity index (χ4n) is 2.67. The number of methoxy groups -OCH3 is 1. The zero-order valence-corrected chi connectivity index (χ0v) is 13.4. The number of rotatable bonds is 3. The lowest BCUT2D eigenvalue weighted by molar-refractivity contribution is 0.0601. The molecule has 0 aliphatic heterocycles. The van der Waals surface area contributed by atoms with Gasteiger partial charge in [-0.3, -0.25) is 13.9 Å². The highest BCUT2D eigenvalue weighted by Crippen LogP contribution is 2.12. The predicted octanol–water partition coefficient (Wildman–Crippen LogP) is 1.54. The Labute approximate surface area is 137 Å². The molecule has 0 fully saturated rings. The average molecular weight is 324 g/mol. The zero-order chi connectivity index (χ0) is 17.3. The molecular formula is C18H16N2O4. The molecule has 24 heavy (non-hydrogen) atoms. The summed E-state index contributed by atoms with van der Waals surface area (Å²) in [5.74, 6) is -0.528. The van der Waals surface area contributed by atoms with E-state index in [4.69, 9.17) is 0 Å². The monoisotopic (exact) mass is 324 g/mol. The molecule has 0 aliphatic rings. The SMILES string of the molecule is COC(=O)c1ccc2c(c1)c(=O)n(Cc1ccccc1)c(=O)n2C. The maximum Gasteiger partial charge on any atom is 0.337 e. The summed E-state index contributed by atoms with van der Waals surface area (Å²) >= 11 is 0. The standard InChI is InChI=1S/C18H16N2O4/c1-19-15-9-8-13(17(22)24-2)10-14(15)16(21)20(18(19)23)11-12-6-4-3-5-7-12/h3-10H,11H2,1-2H3. The van der Waals surface area contributed by atoms with Gasteiger partial charge in [-0.1, -0.05) is 30.3 Å². The first-order chi connectivity index (χ1) is 11.5. The lowest BCUT2D eigenvalue weighted by Crippen LogP contribution is -2.39. The van der Waals surface area contributed by atoms with Crippen molar-refractivity contribution in [1.29, 1.82) is 0 Å². The number of aryl methyl sites for hydroxylation is 1. The van der Waals surface area contributed by atoms with Crippen molar-refractivity contribution in [3.8, 4) is 0 Å². The van der Waals surface area contributed by atoms with Crippen LogP contribution in [0.2, 0.25) is 0 Å². The molecule has 0 spiro atoms. The van der Waals surface area contributed by atoms with Gasteiger partial charge in [-0.15, -0.1) is 0 Å². The molecule has 3 aromatic rings. The summed E-state index contributed by atoms with van der Waals surface area (Å²) in [6, 6.07) is 13.8. The Balaban J connectivity index is 2.25. The van der Waals surface area contributed by atoms with Crippen molar-refractivity contribution < 1.29 is 9.53 Å². The van der Waals surface area contributed by atoms with Crippen LogP contribution in [0.4, 0.5) is 0 Å². The third kappa shape index (κ3) is 2.62. The Morgan fingerprint density at radius 3 is 2.46 bits per heavy atom. The summed E-state index contributed by atoms with van der Waals surface area (Å²) in [5, 5.41) is 0.302. The number of ether oxygens (including phenoxy) is 1. The number of carbonyl (C=O) groups excluding carboxylic acids is 1. The van der Waals surface area contributed by atoms with Gasteiger partial charge in [-0.25, -0.2) is 9.59 Å². The van der Waals surface area contributed by atoms with Gasteiger partial charge < -0.3 is 4.74 Å². The van der Waals surface area contributed by atoms with E-state index in [1.54, 1.807) is 13.1 Å². The van der Waals surface area contributed by atoms with Crippen LogP contribution in [0.1, 0.15) is 15.9 Å². The highest BCUT2D eigenvalue weighted by Gasteiger charge is 2.14. The Kier molecular flexibility index (Phi) is 4.04. The van der Waals surface area contributed by atoms with Gasteiger partial charge in [0.05, 0.1) is 30.1 Å². The predicted molar refractivity (Wildman–Crippen MR) is 90.3 cm³/mol. The molecule has 0 saturated carbocycles. The fourth-order valence-corrected chi connectivity index (χ4v) is 2.67. The first-order valence-electron chi connectivity index (χ1n) is 7.38. The minimum absolute atomic E-state index is 0.171. The highest BCUT2D eigenvalue weighted by molar-refractivity contribution is 5.94. The summed E-state index contributed by atoms with van der Waals surface area (Å²) in [5.41, 5.74) is 0.763. The van der Waals surface area contributed by atoms with Gasteiger partial charge in [0.25, 0.3) is 5.56 Å². The highest BCUT2D eigenvalue weighted by atomic mass is 16.5. The lowest BCUT2D eigenvalue weighted by atomic mass is 10.1. The Morgan fingerprint density at radius 2 is 1.79 bits per heavy atom. The number of carbonyl (C=O) groups is 1. The molecule has 0 bridgehead atoms. The second kappa shape index (κ2) is 6.16. The average Bonchev–Trinajstić information content (AvgIpc) is 2.63. The van der Waals surface area contributed by atoms with E-state index in [1.807, 2.05) is 30.3 Å². The third-order valence-electron chi connectivity index (χ3n) is 3.96. The smallest absolute Gasteiger partial charge is 0.337 e. The van der Waals surface area contributed by atoms with Crippen LogP contribution in [0.15, 0.2) is 58.1 Å². The van der Waals surface area contributed by atoms with Gasteiger partial charge in [0.1, 0.15) is 0 Å². The van der Waals surface area contributed by atoms with Crippen molar-refractivity contribution in [2.45, 2.75) is 6.54 Å². The van der Waals surface area contributed by atoms with Gasteiger partial charge in [-0.2, -0.15) is 0 Å². The van der Waals surface area contributed by atoms with Crippen LogP contribution in [0.25, 0.3) is 10.9 Å². The molecule has 0 N–H and O–H groups in total. The van der Waals surface area contributed by atoms with Crippen molar-refractivity contribution in [1.82, 2.24) is 9.13 Å². The van der Waals surface area contributed by atoms with E-state index in [0.29, 0.717) is 10.9 Å². The minimum atomic E-state index is -0.528.